The first-order chi connectivity index (χ1) is 12.3. The normalized spacial score (nSPS) is 11.3. The van der Waals surface area contributed by atoms with Crippen molar-refractivity contribution < 1.29 is 23.5 Å². The topological polar surface area (TPSA) is 92.8 Å². The molecule has 7 heteroatoms. The SMILES string of the molecule is COC(=O)c1cc(CN(C)C(=O)C(C)Oc2ccc(C#N)cc2)oc1C. The van der Waals surface area contributed by atoms with Crippen molar-refractivity contribution in [1.82, 2.24) is 4.90 Å². The molecule has 2 rings (SSSR count). The Morgan fingerprint density at radius 2 is 1.96 bits per heavy atom. The molecule has 136 valence electrons. The molecular formula is C19H20N2O5. The van der Waals surface area contributed by atoms with Crippen molar-refractivity contribution in [2.45, 2.75) is 26.5 Å². The van der Waals surface area contributed by atoms with Gasteiger partial charge in [0.15, 0.2) is 6.10 Å². The minimum absolute atomic E-state index is 0.192. The van der Waals surface area contributed by atoms with Gasteiger partial charge in [-0.2, -0.15) is 5.26 Å². The number of ether oxygens (including phenoxy) is 2. The molecule has 0 N–H and O–H groups in total. The lowest BCUT2D eigenvalue weighted by Crippen LogP contribution is -2.37. The number of hydrogen-bond donors (Lipinski definition) is 0. The third-order valence-electron chi connectivity index (χ3n) is 3.79. The van der Waals surface area contributed by atoms with Crippen LogP contribution in [0.15, 0.2) is 34.7 Å². The van der Waals surface area contributed by atoms with Crippen LogP contribution in [0.1, 0.15) is 34.4 Å². The predicted octanol–water partition coefficient (Wildman–Crippen LogP) is 2.67. The molecule has 1 heterocycles. The number of benzene rings is 1. The van der Waals surface area contributed by atoms with Crippen molar-refractivity contribution in [1.29, 1.82) is 5.26 Å². The van der Waals surface area contributed by atoms with E-state index in [-0.39, 0.29) is 12.5 Å². The van der Waals surface area contributed by atoms with Gasteiger partial charge in [0.1, 0.15) is 22.8 Å². The maximum Gasteiger partial charge on any atom is 0.341 e. The number of likely N-dealkylation sites (N-methyl/N-ethyl adjacent to an activating group) is 1. The standard InChI is InChI=1S/C19H20N2O5/c1-12-17(19(23)24-4)9-16(25-12)11-21(3)18(22)13(2)26-15-7-5-14(10-20)6-8-15/h5-9,13H,11H2,1-4H3. The minimum Gasteiger partial charge on any atom is -0.481 e. The average molecular weight is 356 g/mol. The van der Waals surface area contributed by atoms with E-state index in [0.717, 1.165) is 0 Å². The summed E-state index contributed by atoms with van der Waals surface area (Å²) in [4.78, 5) is 25.5. The highest BCUT2D eigenvalue weighted by molar-refractivity contribution is 5.90. The third-order valence-corrected chi connectivity index (χ3v) is 3.79. The molecular weight excluding hydrogens is 336 g/mol. The van der Waals surface area contributed by atoms with Crippen molar-refractivity contribution in [3.8, 4) is 11.8 Å². The van der Waals surface area contributed by atoms with E-state index < -0.39 is 12.1 Å². The van der Waals surface area contributed by atoms with Gasteiger partial charge in [0.25, 0.3) is 5.91 Å². The second-order valence-corrected chi connectivity index (χ2v) is 5.76. The van der Waals surface area contributed by atoms with Crippen molar-refractivity contribution in [2.75, 3.05) is 14.2 Å². The first-order valence-corrected chi connectivity index (χ1v) is 7.95. The summed E-state index contributed by atoms with van der Waals surface area (Å²) in [6.45, 7) is 3.50. The zero-order valence-electron chi connectivity index (χ0n) is 15.1. The summed E-state index contributed by atoms with van der Waals surface area (Å²) in [6.07, 6.45) is -0.718. The number of nitrogens with zero attached hydrogens (tertiary/aromatic N) is 2. The summed E-state index contributed by atoms with van der Waals surface area (Å²) in [5.74, 6) is 0.686. The number of hydrogen-bond acceptors (Lipinski definition) is 6. The van der Waals surface area contributed by atoms with Crippen molar-refractivity contribution in [3.63, 3.8) is 0 Å². The molecule has 0 fully saturated rings. The van der Waals surface area contributed by atoms with Gasteiger partial charge < -0.3 is 18.8 Å². The van der Waals surface area contributed by atoms with Crippen LogP contribution in [-0.2, 0) is 16.1 Å². The van der Waals surface area contributed by atoms with E-state index in [1.807, 2.05) is 6.07 Å². The summed E-state index contributed by atoms with van der Waals surface area (Å²) in [5, 5.41) is 8.79. The highest BCUT2D eigenvalue weighted by Crippen LogP contribution is 2.18. The van der Waals surface area contributed by atoms with Crippen LogP contribution >= 0.6 is 0 Å². The molecule has 1 aromatic carbocycles. The van der Waals surface area contributed by atoms with Crippen molar-refractivity contribution in [3.05, 3.63) is 53.0 Å². The van der Waals surface area contributed by atoms with Crippen LogP contribution in [0.4, 0.5) is 0 Å². The van der Waals surface area contributed by atoms with Gasteiger partial charge in [-0.15, -0.1) is 0 Å². The summed E-state index contributed by atoms with van der Waals surface area (Å²) in [7, 11) is 2.92. The summed E-state index contributed by atoms with van der Waals surface area (Å²) < 4.78 is 15.8. The molecule has 26 heavy (non-hydrogen) atoms. The number of carbonyl (C=O) groups excluding carboxylic acids is 2. The Labute approximate surface area is 151 Å². The van der Waals surface area contributed by atoms with Crippen LogP contribution in [0.25, 0.3) is 0 Å². The van der Waals surface area contributed by atoms with Gasteiger partial charge in [0, 0.05) is 7.05 Å². The van der Waals surface area contributed by atoms with Gasteiger partial charge in [0.05, 0.1) is 25.3 Å². The Hall–Kier alpha value is -3.27. The van der Waals surface area contributed by atoms with Gasteiger partial charge >= 0.3 is 5.97 Å². The van der Waals surface area contributed by atoms with Crippen LogP contribution in [0.5, 0.6) is 5.75 Å². The maximum atomic E-state index is 12.5. The number of amides is 1. The zero-order chi connectivity index (χ0) is 19.3. The van der Waals surface area contributed by atoms with Crippen LogP contribution in [0.3, 0.4) is 0 Å². The molecule has 1 unspecified atom stereocenters. The third kappa shape index (κ3) is 4.42. The number of carbonyl (C=O) groups is 2. The number of rotatable bonds is 6. The van der Waals surface area contributed by atoms with E-state index >= 15 is 0 Å². The van der Waals surface area contributed by atoms with Crippen molar-refractivity contribution >= 4 is 11.9 Å². The molecule has 1 amide bonds. The number of methoxy groups -OCH3 is 1. The Kier molecular flexibility index (Phi) is 6.02. The second kappa shape index (κ2) is 8.21. The van der Waals surface area contributed by atoms with E-state index in [2.05, 4.69) is 4.74 Å². The number of esters is 1. The number of furan rings is 1. The lowest BCUT2D eigenvalue weighted by molar-refractivity contribution is -0.137. The molecule has 0 aliphatic carbocycles. The zero-order valence-corrected chi connectivity index (χ0v) is 15.1. The number of aryl methyl sites for hydroxylation is 1. The van der Waals surface area contributed by atoms with E-state index in [4.69, 9.17) is 14.4 Å². The number of nitriles is 1. The van der Waals surface area contributed by atoms with Gasteiger partial charge in [-0.25, -0.2) is 4.79 Å². The summed E-state index contributed by atoms with van der Waals surface area (Å²) in [5.41, 5.74) is 0.855. The molecule has 2 aromatic rings. The summed E-state index contributed by atoms with van der Waals surface area (Å²) in [6, 6.07) is 10.1. The van der Waals surface area contributed by atoms with E-state index in [1.54, 1.807) is 51.2 Å². The lowest BCUT2D eigenvalue weighted by atomic mass is 10.2. The summed E-state index contributed by atoms with van der Waals surface area (Å²) >= 11 is 0. The molecule has 1 atom stereocenters. The molecule has 0 spiro atoms. The Balaban J connectivity index is 1.99. The minimum atomic E-state index is -0.718. The highest BCUT2D eigenvalue weighted by atomic mass is 16.5. The quantitative estimate of drug-likeness (QED) is 0.739. The van der Waals surface area contributed by atoms with E-state index in [9.17, 15) is 9.59 Å². The van der Waals surface area contributed by atoms with Gasteiger partial charge in [-0.1, -0.05) is 0 Å². The van der Waals surface area contributed by atoms with Crippen LogP contribution in [0, 0.1) is 18.3 Å². The highest BCUT2D eigenvalue weighted by Gasteiger charge is 2.22. The van der Waals surface area contributed by atoms with Gasteiger partial charge in [0.2, 0.25) is 0 Å². The molecule has 0 aliphatic heterocycles. The fourth-order valence-corrected chi connectivity index (χ4v) is 2.42. The van der Waals surface area contributed by atoms with E-state index in [0.29, 0.717) is 28.4 Å². The second-order valence-electron chi connectivity index (χ2n) is 5.76. The molecule has 7 nitrogen and oxygen atoms in total. The van der Waals surface area contributed by atoms with Crippen LogP contribution in [-0.4, -0.2) is 37.0 Å². The first kappa shape index (κ1) is 19.1. The largest absolute Gasteiger partial charge is 0.481 e. The average Bonchev–Trinajstić information content (AvgIpc) is 3.01. The lowest BCUT2D eigenvalue weighted by Gasteiger charge is -2.21. The molecule has 0 saturated heterocycles. The first-order valence-electron chi connectivity index (χ1n) is 7.95. The van der Waals surface area contributed by atoms with Crippen LogP contribution in [0.2, 0.25) is 0 Å². The Bertz CT molecular complexity index is 833. The smallest absolute Gasteiger partial charge is 0.341 e. The predicted molar refractivity (Wildman–Crippen MR) is 92.5 cm³/mol. The molecule has 0 saturated carbocycles. The van der Waals surface area contributed by atoms with Gasteiger partial charge in [-0.3, -0.25) is 4.79 Å². The molecule has 0 aliphatic rings. The van der Waals surface area contributed by atoms with Crippen LogP contribution < -0.4 is 4.74 Å². The molecule has 1 aromatic heterocycles. The fourth-order valence-electron chi connectivity index (χ4n) is 2.42. The monoisotopic (exact) mass is 356 g/mol. The van der Waals surface area contributed by atoms with Crippen molar-refractivity contribution in [2.24, 2.45) is 0 Å². The fraction of sp³-hybridized carbons (Fsp3) is 0.316. The Morgan fingerprint density at radius 3 is 2.54 bits per heavy atom. The molecule has 0 radical (unpaired) electrons. The molecule has 0 bridgehead atoms. The Morgan fingerprint density at radius 1 is 1.31 bits per heavy atom. The van der Waals surface area contributed by atoms with E-state index in [1.165, 1.54) is 12.0 Å². The maximum absolute atomic E-state index is 12.5. The van der Waals surface area contributed by atoms with Gasteiger partial charge in [-0.05, 0) is 44.2 Å².